The number of halogens is 1. The third kappa shape index (κ3) is 8.67. The number of amides is 2. The average Bonchev–Trinajstić information content (AvgIpc) is 3.08. The van der Waals surface area contributed by atoms with E-state index in [-0.39, 0.29) is 35.2 Å². The minimum absolute atomic E-state index is 0.00672. The Kier molecular flexibility index (Phi) is 12.2. The average molecular weight is 709 g/mol. The van der Waals surface area contributed by atoms with E-state index < -0.39 is 28.5 Å². The Morgan fingerprint density at radius 3 is 2.15 bits per heavy atom. The molecule has 4 rings (SSSR count). The lowest BCUT2D eigenvalue weighted by molar-refractivity contribution is -0.140. The minimum Gasteiger partial charge on any atom is -0.497 e. The molecule has 4 aromatic carbocycles. The van der Waals surface area contributed by atoms with Crippen molar-refractivity contribution in [2.45, 2.75) is 37.2 Å². The lowest BCUT2D eigenvalue weighted by atomic mass is 10.0. The van der Waals surface area contributed by atoms with Crippen molar-refractivity contribution in [3.8, 4) is 11.5 Å². The van der Waals surface area contributed by atoms with Crippen molar-refractivity contribution in [2.24, 2.45) is 0 Å². The molecule has 4 aromatic rings. The van der Waals surface area contributed by atoms with Gasteiger partial charge in [0.2, 0.25) is 11.8 Å². The molecule has 0 unspecified atom stereocenters. The number of anilines is 1. The van der Waals surface area contributed by atoms with Crippen LogP contribution in [0.2, 0.25) is 0 Å². The molecule has 242 valence electrons. The zero-order chi connectivity index (χ0) is 33.1. The molecule has 0 aliphatic rings. The van der Waals surface area contributed by atoms with Gasteiger partial charge in [0.05, 0.1) is 24.8 Å². The number of sulfonamides is 1. The highest BCUT2D eigenvalue weighted by atomic mass is 79.9. The summed E-state index contributed by atoms with van der Waals surface area (Å²) in [4.78, 5) is 29.9. The maximum atomic E-state index is 14.6. The predicted octanol–water partition coefficient (Wildman–Crippen LogP) is 5.83. The number of rotatable bonds is 15. The molecule has 0 aliphatic heterocycles. The first kappa shape index (κ1) is 34.5. The number of methoxy groups -OCH3 is 2. The molecule has 0 aliphatic carbocycles. The number of ether oxygens (including phenoxy) is 2. The number of carbonyl (C=O) groups is 2. The van der Waals surface area contributed by atoms with Gasteiger partial charge in [-0.25, -0.2) is 8.42 Å². The van der Waals surface area contributed by atoms with E-state index >= 15 is 0 Å². The van der Waals surface area contributed by atoms with Crippen LogP contribution in [0.25, 0.3) is 0 Å². The molecule has 1 atom stereocenters. The molecule has 1 N–H and O–H groups in total. The molecule has 0 aromatic heterocycles. The van der Waals surface area contributed by atoms with Crippen LogP contribution in [0.3, 0.4) is 0 Å². The Labute approximate surface area is 279 Å². The molecular formula is C35H38BrN3O6S. The third-order valence-corrected chi connectivity index (χ3v) is 9.59. The summed E-state index contributed by atoms with van der Waals surface area (Å²) in [5.74, 6) is -0.293. The number of hydrogen-bond acceptors (Lipinski definition) is 6. The van der Waals surface area contributed by atoms with Gasteiger partial charge in [-0.2, -0.15) is 0 Å². The highest BCUT2D eigenvalue weighted by molar-refractivity contribution is 9.10. The predicted molar refractivity (Wildman–Crippen MR) is 182 cm³/mol. The van der Waals surface area contributed by atoms with Crippen molar-refractivity contribution in [1.82, 2.24) is 10.2 Å². The molecular weight excluding hydrogens is 670 g/mol. The zero-order valence-corrected chi connectivity index (χ0v) is 28.5. The van der Waals surface area contributed by atoms with E-state index in [1.807, 2.05) is 61.5 Å². The smallest absolute Gasteiger partial charge is 0.264 e. The maximum Gasteiger partial charge on any atom is 0.264 e. The topological polar surface area (TPSA) is 105 Å². The second-order valence-electron chi connectivity index (χ2n) is 10.5. The Balaban J connectivity index is 1.85. The second kappa shape index (κ2) is 16.3. The van der Waals surface area contributed by atoms with Crippen LogP contribution >= 0.6 is 15.9 Å². The standard InChI is InChI=1S/C35H38BrN3O6S/c1-4-20-37-35(41)32(22-26-12-7-5-8-13-26)38(24-27-14-11-15-28(36)21-27)34(40)25-39(46(42,43)30-16-9-6-10-17-30)31-23-29(44-2)18-19-33(31)45-3/h5-19,21,23,32H,4,20,22,24-25H2,1-3H3,(H,37,41)/t32-/m1/s1. The SMILES string of the molecule is CCCNC(=O)[C@@H](Cc1ccccc1)N(Cc1cccc(Br)c1)C(=O)CN(c1cc(OC)ccc1OC)S(=O)(=O)c1ccccc1. The van der Waals surface area contributed by atoms with Gasteiger partial charge in [-0.3, -0.25) is 13.9 Å². The molecule has 9 nitrogen and oxygen atoms in total. The van der Waals surface area contributed by atoms with Gasteiger partial charge in [0.1, 0.15) is 24.1 Å². The van der Waals surface area contributed by atoms with Crippen molar-refractivity contribution in [2.75, 3.05) is 31.6 Å². The van der Waals surface area contributed by atoms with E-state index in [0.29, 0.717) is 18.7 Å². The monoisotopic (exact) mass is 707 g/mol. The molecule has 0 radical (unpaired) electrons. The highest BCUT2D eigenvalue weighted by Crippen LogP contribution is 2.36. The maximum absolute atomic E-state index is 14.6. The van der Waals surface area contributed by atoms with Crippen LogP contribution in [-0.2, 0) is 32.6 Å². The summed E-state index contributed by atoms with van der Waals surface area (Å²) in [6, 6.07) is 28.6. The minimum atomic E-state index is -4.30. The van der Waals surface area contributed by atoms with Crippen LogP contribution in [0.15, 0.2) is 112 Å². The van der Waals surface area contributed by atoms with Crippen LogP contribution < -0.4 is 19.1 Å². The summed E-state index contributed by atoms with van der Waals surface area (Å²) in [5, 5.41) is 2.95. The summed E-state index contributed by atoms with van der Waals surface area (Å²) in [6.45, 7) is 1.83. The molecule has 0 bridgehead atoms. The summed E-state index contributed by atoms with van der Waals surface area (Å²) < 4.78 is 41.3. The Morgan fingerprint density at radius 2 is 1.52 bits per heavy atom. The molecule has 2 amide bonds. The molecule has 0 spiro atoms. The molecule has 46 heavy (non-hydrogen) atoms. The quantitative estimate of drug-likeness (QED) is 0.167. The van der Waals surface area contributed by atoms with Crippen LogP contribution in [-0.4, -0.2) is 58.5 Å². The molecule has 0 heterocycles. The first-order valence-corrected chi connectivity index (χ1v) is 17.1. The van der Waals surface area contributed by atoms with E-state index in [2.05, 4.69) is 21.2 Å². The van der Waals surface area contributed by atoms with Crippen molar-refractivity contribution in [1.29, 1.82) is 0 Å². The van der Waals surface area contributed by atoms with Crippen LogP contribution in [0.4, 0.5) is 5.69 Å². The fraction of sp³-hybridized carbons (Fsp3) is 0.257. The number of carbonyl (C=O) groups excluding carboxylic acids is 2. The van der Waals surface area contributed by atoms with Crippen molar-refractivity contribution in [3.05, 3.63) is 119 Å². The normalized spacial score (nSPS) is 11.7. The number of nitrogens with one attached hydrogen (secondary N) is 1. The molecule has 0 fully saturated rings. The van der Waals surface area contributed by atoms with Crippen molar-refractivity contribution < 1.29 is 27.5 Å². The van der Waals surface area contributed by atoms with E-state index in [1.165, 1.54) is 37.3 Å². The first-order valence-electron chi connectivity index (χ1n) is 14.8. The Bertz CT molecular complexity index is 1720. The summed E-state index contributed by atoms with van der Waals surface area (Å²) >= 11 is 3.50. The van der Waals surface area contributed by atoms with Crippen LogP contribution in [0.1, 0.15) is 24.5 Å². The lowest BCUT2D eigenvalue weighted by Crippen LogP contribution is -2.53. The van der Waals surface area contributed by atoms with Gasteiger partial charge < -0.3 is 19.7 Å². The summed E-state index contributed by atoms with van der Waals surface area (Å²) in [7, 11) is -1.40. The fourth-order valence-electron chi connectivity index (χ4n) is 4.98. The van der Waals surface area contributed by atoms with Crippen molar-refractivity contribution >= 4 is 43.5 Å². The molecule has 11 heteroatoms. The molecule has 0 saturated heterocycles. The van der Waals surface area contributed by atoms with Gasteiger partial charge in [-0.05, 0) is 53.9 Å². The zero-order valence-electron chi connectivity index (χ0n) is 26.1. The third-order valence-electron chi connectivity index (χ3n) is 7.33. The highest BCUT2D eigenvalue weighted by Gasteiger charge is 2.35. The van der Waals surface area contributed by atoms with Gasteiger partial charge in [-0.15, -0.1) is 0 Å². The largest absolute Gasteiger partial charge is 0.497 e. The summed E-state index contributed by atoms with van der Waals surface area (Å²) in [5.41, 5.74) is 1.74. The lowest BCUT2D eigenvalue weighted by Gasteiger charge is -2.34. The van der Waals surface area contributed by atoms with Crippen molar-refractivity contribution in [3.63, 3.8) is 0 Å². The van der Waals surface area contributed by atoms with Gasteiger partial charge in [0.15, 0.2) is 0 Å². The van der Waals surface area contributed by atoms with Gasteiger partial charge in [0.25, 0.3) is 10.0 Å². The van der Waals surface area contributed by atoms with Gasteiger partial charge in [0, 0.05) is 30.0 Å². The second-order valence-corrected chi connectivity index (χ2v) is 13.3. The van der Waals surface area contributed by atoms with Crippen LogP contribution in [0.5, 0.6) is 11.5 Å². The first-order chi connectivity index (χ1) is 22.2. The molecule has 0 saturated carbocycles. The number of benzene rings is 4. The number of nitrogens with zero attached hydrogens (tertiary/aromatic N) is 2. The summed E-state index contributed by atoms with van der Waals surface area (Å²) in [6.07, 6.45) is 0.937. The van der Waals surface area contributed by atoms with Gasteiger partial charge >= 0.3 is 0 Å². The van der Waals surface area contributed by atoms with Gasteiger partial charge in [-0.1, -0.05) is 83.5 Å². The van der Waals surface area contributed by atoms with E-state index in [9.17, 15) is 18.0 Å². The Morgan fingerprint density at radius 1 is 0.848 bits per heavy atom. The van der Waals surface area contributed by atoms with E-state index in [0.717, 1.165) is 19.9 Å². The fourth-order valence-corrected chi connectivity index (χ4v) is 6.86. The Hall–Kier alpha value is -4.35. The van der Waals surface area contributed by atoms with E-state index in [4.69, 9.17) is 9.47 Å². The van der Waals surface area contributed by atoms with Crippen LogP contribution in [0, 0.1) is 0 Å². The number of hydrogen-bond donors (Lipinski definition) is 1. The van der Waals surface area contributed by atoms with E-state index in [1.54, 1.807) is 30.3 Å².